The molecule has 0 spiro atoms. The fourth-order valence-electron chi connectivity index (χ4n) is 1.70. The lowest BCUT2D eigenvalue weighted by Crippen LogP contribution is -2.01. The van der Waals surface area contributed by atoms with E-state index in [-0.39, 0.29) is 0 Å². The van der Waals surface area contributed by atoms with Gasteiger partial charge in [-0.15, -0.1) is 0 Å². The van der Waals surface area contributed by atoms with E-state index >= 15 is 0 Å². The lowest BCUT2D eigenvalue weighted by atomic mass is 10.1. The molecule has 0 heterocycles. The second-order valence-electron chi connectivity index (χ2n) is 4.66. The zero-order valence-corrected chi connectivity index (χ0v) is 12.6. The van der Waals surface area contributed by atoms with Crippen LogP contribution in [0.15, 0.2) is 42.5 Å². The number of phosphoric ester groups is 1. The third kappa shape index (κ3) is 3.62. The van der Waals surface area contributed by atoms with Crippen molar-refractivity contribution >= 4 is 7.82 Å². The molecule has 1 unspecified atom stereocenters. The maximum atomic E-state index is 12.0. The molecule has 0 fully saturated rings. The van der Waals surface area contributed by atoms with Crippen molar-refractivity contribution < 1.29 is 18.5 Å². The predicted molar refractivity (Wildman–Crippen MR) is 78.2 cm³/mol. The van der Waals surface area contributed by atoms with Gasteiger partial charge in [0.1, 0.15) is 11.5 Å². The summed E-state index contributed by atoms with van der Waals surface area (Å²) in [6, 6.07) is 12.2. The van der Waals surface area contributed by atoms with E-state index in [0.29, 0.717) is 11.5 Å². The molecular formula is C15H17O4P. The van der Waals surface area contributed by atoms with Gasteiger partial charge in [-0.1, -0.05) is 29.8 Å². The first kappa shape index (κ1) is 14.6. The van der Waals surface area contributed by atoms with Crippen molar-refractivity contribution in [3.05, 3.63) is 59.2 Å². The smallest absolute Gasteiger partial charge is 0.395 e. The average Bonchev–Trinajstić information content (AvgIpc) is 2.37. The second kappa shape index (κ2) is 5.70. The molecule has 0 aliphatic heterocycles. The van der Waals surface area contributed by atoms with E-state index in [9.17, 15) is 9.46 Å². The zero-order chi connectivity index (χ0) is 14.8. The van der Waals surface area contributed by atoms with Crippen LogP contribution in [0.3, 0.4) is 0 Å². The molecule has 0 saturated heterocycles. The molecule has 0 aliphatic carbocycles. The van der Waals surface area contributed by atoms with E-state index in [4.69, 9.17) is 9.05 Å². The number of rotatable bonds is 4. The highest BCUT2D eigenvalue weighted by Gasteiger charge is 2.25. The zero-order valence-electron chi connectivity index (χ0n) is 11.7. The van der Waals surface area contributed by atoms with Gasteiger partial charge in [-0.05, 0) is 50.1 Å². The van der Waals surface area contributed by atoms with E-state index in [1.807, 2.05) is 26.8 Å². The fraction of sp³-hybridized carbons (Fsp3) is 0.200. The van der Waals surface area contributed by atoms with Crippen molar-refractivity contribution in [3.8, 4) is 11.5 Å². The van der Waals surface area contributed by atoms with Crippen LogP contribution in [0.1, 0.15) is 16.7 Å². The Morgan fingerprint density at radius 2 is 1.60 bits per heavy atom. The van der Waals surface area contributed by atoms with Crippen molar-refractivity contribution in [1.82, 2.24) is 0 Å². The van der Waals surface area contributed by atoms with Crippen LogP contribution >= 0.6 is 7.82 Å². The lowest BCUT2D eigenvalue weighted by molar-refractivity contribution is 0.290. The Morgan fingerprint density at radius 3 is 2.25 bits per heavy atom. The summed E-state index contributed by atoms with van der Waals surface area (Å²) >= 11 is 0. The van der Waals surface area contributed by atoms with Crippen LogP contribution in [0.2, 0.25) is 0 Å². The van der Waals surface area contributed by atoms with Crippen LogP contribution in [0.25, 0.3) is 0 Å². The molecule has 2 aromatic rings. The summed E-state index contributed by atoms with van der Waals surface area (Å²) in [6.07, 6.45) is 0. The molecule has 106 valence electrons. The Labute approximate surface area is 118 Å². The highest BCUT2D eigenvalue weighted by Crippen LogP contribution is 2.45. The van der Waals surface area contributed by atoms with Crippen LogP contribution in [-0.2, 0) is 4.57 Å². The van der Waals surface area contributed by atoms with Crippen LogP contribution < -0.4 is 9.05 Å². The Balaban J connectivity index is 2.16. The fourth-order valence-corrected chi connectivity index (χ4v) is 2.57. The van der Waals surface area contributed by atoms with Crippen LogP contribution in [0, 0.1) is 20.8 Å². The Morgan fingerprint density at radius 1 is 0.950 bits per heavy atom. The molecule has 1 N–H and O–H groups in total. The summed E-state index contributed by atoms with van der Waals surface area (Å²) in [5, 5.41) is 0. The third-order valence-electron chi connectivity index (χ3n) is 3.01. The van der Waals surface area contributed by atoms with Gasteiger partial charge in [0.25, 0.3) is 0 Å². The van der Waals surface area contributed by atoms with Crippen LogP contribution in [0.5, 0.6) is 11.5 Å². The Hall–Kier alpha value is -1.77. The van der Waals surface area contributed by atoms with Gasteiger partial charge in [-0.2, -0.15) is 0 Å². The molecule has 1 atom stereocenters. The first-order valence-corrected chi connectivity index (χ1v) is 7.72. The number of hydrogen-bond donors (Lipinski definition) is 1. The number of aryl methyl sites for hydroxylation is 2. The third-order valence-corrected chi connectivity index (χ3v) is 3.88. The van der Waals surface area contributed by atoms with Gasteiger partial charge in [0.2, 0.25) is 0 Å². The Kier molecular flexibility index (Phi) is 4.17. The van der Waals surface area contributed by atoms with E-state index in [1.165, 1.54) is 0 Å². The summed E-state index contributed by atoms with van der Waals surface area (Å²) in [4.78, 5) is 9.82. The van der Waals surface area contributed by atoms with Gasteiger partial charge in [-0.3, -0.25) is 4.89 Å². The SMILES string of the molecule is Cc1ccc(OP(=O)(O)Oc2cccc(C)c2C)cc1. The van der Waals surface area contributed by atoms with Gasteiger partial charge < -0.3 is 9.05 Å². The molecule has 2 aromatic carbocycles. The summed E-state index contributed by atoms with van der Waals surface area (Å²) in [7, 11) is -4.20. The molecule has 0 saturated carbocycles. The van der Waals surface area contributed by atoms with Crippen molar-refractivity contribution in [2.45, 2.75) is 20.8 Å². The quantitative estimate of drug-likeness (QED) is 0.859. The minimum absolute atomic E-state index is 0.298. The van der Waals surface area contributed by atoms with Gasteiger partial charge in [0, 0.05) is 0 Å². The molecule has 2 rings (SSSR count). The standard InChI is InChI=1S/C15H17O4P/c1-11-7-9-14(10-8-11)18-20(16,17)19-15-6-4-5-12(2)13(15)3/h4-10H,1-3H3,(H,16,17). The lowest BCUT2D eigenvalue weighted by Gasteiger charge is -2.16. The molecule has 0 amide bonds. The molecule has 0 aromatic heterocycles. The molecule has 5 heteroatoms. The van der Waals surface area contributed by atoms with Gasteiger partial charge in [-0.25, -0.2) is 4.57 Å². The summed E-state index contributed by atoms with van der Waals surface area (Å²) in [5.41, 5.74) is 2.84. The molecule has 0 bridgehead atoms. The largest absolute Gasteiger partial charge is 0.584 e. The van der Waals surface area contributed by atoms with E-state index in [2.05, 4.69) is 0 Å². The predicted octanol–water partition coefficient (Wildman–Crippen LogP) is 4.17. The van der Waals surface area contributed by atoms with Crippen LogP contribution in [0.4, 0.5) is 0 Å². The minimum atomic E-state index is -4.20. The van der Waals surface area contributed by atoms with Crippen molar-refractivity contribution in [2.24, 2.45) is 0 Å². The van der Waals surface area contributed by atoms with Crippen LogP contribution in [-0.4, -0.2) is 4.89 Å². The van der Waals surface area contributed by atoms with Crippen molar-refractivity contribution in [1.29, 1.82) is 0 Å². The van der Waals surface area contributed by atoms with E-state index in [0.717, 1.165) is 16.7 Å². The first-order chi connectivity index (χ1) is 9.37. The van der Waals surface area contributed by atoms with Crippen molar-refractivity contribution in [2.75, 3.05) is 0 Å². The normalized spacial score (nSPS) is 13.6. The highest BCUT2D eigenvalue weighted by molar-refractivity contribution is 7.48. The van der Waals surface area contributed by atoms with Gasteiger partial charge in [0.15, 0.2) is 0 Å². The second-order valence-corrected chi connectivity index (χ2v) is 5.96. The summed E-state index contributed by atoms with van der Waals surface area (Å²) < 4.78 is 22.2. The topological polar surface area (TPSA) is 55.8 Å². The molecular weight excluding hydrogens is 275 g/mol. The highest BCUT2D eigenvalue weighted by atomic mass is 31.2. The van der Waals surface area contributed by atoms with E-state index < -0.39 is 7.82 Å². The van der Waals surface area contributed by atoms with E-state index in [1.54, 1.807) is 36.4 Å². The van der Waals surface area contributed by atoms with Gasteiger partial charge in [0.05, 0.1) is 0 Å². The number of hydrogen-bond acceptors (Lipinski definition) is 3. The molecule has 20 heavy (non-hydrogen) atoms. The molecule has 4 nitrogen and oxygen atoms in total. The number of phosphoric acid groups is 1. The maximum Gasteiger partial charge on any atom is 0.584 e. The Bertz CT molecular complexity index is 649. The van der Waals surface area contributed by atoms with Crippen molar-refractivity contribution in [3.63, 3.8) is 0 Å². The maximum absolute atomic E-state index is 12.0. The molecule has 0 aliphatic rings. The minimum Gasteiger partial charge on any atom is -0.395 e. The van der Waals surface area contributed by atoms with Gasteiger partial charge >= 0.3 is 7.82 Å². The molecule has 0 radical (unpaired) electrons. The summed E-state index contributed by atoms with van der Waals surface area (Å²) in [5.74, 6) is 0.648. The average molecular weight is 292 g/mol. The number of benzene rings is 2. The summed E-state index contributed by atoms with van der Waals surface area (Å²) in [6.45, 7) is 5.66. The first-order valence-electron chi connectivity index (χ1n) is 6.22. The monoisotopic (exact) mass is 292 g/mol.